The van der Waals surface area contributed by atoms with E-state index in [9.17, 15) is 9.59 Å². The first kappa shape index (κ1) is 17.2. The van der Waals surface area contributed by atoms with Crippen molar-refractivity contribution in [3.05, 3.63) is 22.4 Å². The third-order valence-electron chi connectivity index (χ3n) is 4.65. The van der Waals surface area contributed by atoms with Crippen LogP contribution in [0.1, 0.15) is 25.8 Å². The van der Waals surface area contributed by atoms with Gasteiger partial charge in [0.25, 0.3) is 0 Å². The Morgan fingerprint density at radius 1 is 1.42 bits per heavy atom. The third-order valence-corrected chi connectivity index (χ3v) is 5.39. The molecular weight excluding hydrogens is 324 g/mol. The second kappa shape index (κ2) is 7.11. The molecule has 2 N–H and O–H groups in total. The fourth-order valence-corrected chi connectivity index (χ4v) is 4.27. The van der Waals surface area contributed by atoms with Crippen molar-refractivity contribution in [2.45, 2.75) is 32.9 Å². The predicted molar refractivity (Wildman–Crippen MR) is 94.9 cm³/mol. The molecule has 2 fully saturated rings. The summed E-state index contributed by atoms with van der Waals surface area (Å²) in [5, 5.41) is 10.2. The van der Waals surface area contributed by atoms with Crippen LogP contribution in [0.2, 0.25) is 0 Å². The maximum Gasteiger partial charge on any atom is 0.317 e. The van der Waals surface area contributed by atoms with E-state index in [2.05, 4.69) is 32.4 Å². The number of carbonyl (C=O) groups is 2. The van der Waals surface area contributed by atoms with Gasteiger partial charge in [0.15, 0.2) is 0 Å². The van der Waals surface area contributed by atoms with Gasteiger partial charge in [-0.3, -0.25) is 9.69 Å². The Morgan fingerprint density at radius 3 is 2.88 bits per heavy atom. The van der Waals surface area contributed by atoms with Gasteiger partial charge in [-0.1, -0.05) is 0 Å². The van der Waals surface area contributed by atoms with Crippen LogP contribution in [0.15, 0.2) is 16.8 Å². The molecule has 7 heteroatoms. The van der Waals surface area contributed by atoms with Gasteiger partial charge in [-0.05, 0) is 36.2 Å². The molecule has 1 aromatic heterocycles. The molecule has 6 nitrogen and oxygen atoms in total. The van der Waals surface area contributed by atoms with Crippen LogP contribution >= 0.6 is 11.3 Å². The molecule has 2 aliphatic rings. The molecule has 132 valence electrons. The lowest BCUT2D eigenvalue weighted by atomic mass is 9.86. The minimum absolute atomic E-state index is 0.0268. The second-order valence-corrected chi connectivity index (χ2v) is 8.10. The van der Waals surface area contributed by atoms with Crippen LogP contribution in [-0.4, -0.2) is 60.5 Å². The van der Waals surface area contributed by atoms with Crippen molar-refractivity contribution < 1.29 is 9.59 Å². The van der Waals surface area contributed by atoms with E-state index in [1.54, 1.807) is 11.3 Å². The molecule has 0 radical (unpaired) electrons. The van der Waals surface area contributed by atoms with Crippen LogP contribution in [0.25, 0.3) is 0 Å². The zero-order valence-corrected chi connectivity index (χ0v) is 15.2. The Bertz CT molecular complexity index is 589. The normalized spacial score (nSPS) is 25.1. The van der Waals surface area contributed by atoms with Gasteiger partial charge >= 0.3 is 6.03 Å². The molecule has 3 heterocycles. The molecule has 3 rings (SSSR count). The first-order valence-electron chi connectivity index (χ1n) is 8.51. The standard InChI is InChI=1S/C17H26N4O2S/c1-13(2)19-16(23)21-5-4-20(8-14-3-6-24-9-14)11-17(12-21)7-15(22)18-10-17/h3,6,9,13H,4-5,7-8,10-12H2,1-2H3,(H,18,22)(H,19,23)/t17-/m1/s1. The van der Waals surface area contributed by atoms with Crippen LogP contribution in [0, 0.1) is 5.41 Å². The minimum Gasteiger partial charge on any atom is -0.355 e. The number of hydrogen-bond donors (Lipinski definition) is 2. The van der Waals surface area contributed by atoms with Crippen LogP contribution in [0.3, 0.4) is 0 Å². The van der Waals surface area contributed by atoms with Gasteiger partial charge < -0.3 is 15.5 Å². The summed E-state index contributed by atoms with van der Waals surface area (Å²) in [7, 11) is 0. The summed E-state index contributed by atoms with van der Waals surface area (Å²) in [4.78, 5) is 28.6. The number of thiophene rings is 1. The highest BCUT2D eigenvalue weighted by molar-refractivity contribution is 7.07. The smallest absolute Gasteiger partial charge is 0.317 e. The van der Waals surface area contributed by atoms with Crippen molar-refractivity contribution in [2.75, 3.05) is 32.7 Å². The van der Waals surface area contributed by atoms with Crippen LogP contribution in [0.5, 0.6) is 0 Å². The van der Waals surface area contributed by atoms with Gasteiger partial charge in [0.05, 0.1) is 0 Å². The number of amides is 3. The SMILES string of the molecule is CC(C)NC(=O)N1CCN(Cc2ccsc2)C[C@@]2(CNC(=O)C2)C1. The Balaban J connectivity index is 1.75. The van der Waals surface area contributed by atoms with Crippen molar-refractivity contribution >= 4 is 23.3 Å². The lowest BCUT2D eigenvalue weighted by Crippen LogP contribution is -2.48. The van der Waals surface area contributed by atoms with Crippen LogP contribution in [0.4, 0.5) is 4.79 Å². The molecule has 24 heavy (non-hydrogen) atoms. The molecule has 1 spiro atoms. The number of urea groups is 1. The zero-order valence-electron chi connectivity index (χ0n) is 14.4. The van der Waals surface area contributed by atoms with Crippen LogP contribution in [-0.2, 0) is 11.3 Å². The molecule has 2 saturated heterocycles. The largest absolute Gasteiger partial charge is 0.355 e. The Kier molecular flexibility index (Phi) is 5.10. The first-order valence-corrected chi connectivity index (χ1v) is 9.46. The average molecular weight is 350 g/mol. The number of hydrogen-bond acceptors (Lipinski definition) is 4. The molecule has 1 aromatic rings. The van der Waals surface area contributed by atoms with Crippen molar-refractivity contribution in [3.63, 3.8) is 0 Å². The van der Waals surface area contributed by atoms with E-state index in [4.69, 9.17) is 0 Å². The van der Waals surface area contributed by atoms with Gasteiger partial charge in [-0.2, -0.15) is 11.3 Å². The van der Waals surface area contributed by atoms with E-state index >= 15 is 0 Å². The Hall–Kier alpha value is -1.60. The summed E-state index contributed by atoms with van der Waals surface area (Å²) in [6.45, 7) is 8.45. The quantitative estimate of drug-likeness (QED) is 0.868. The molecule has 0 aliphatic carbocycles. The summed E-state index contributed by atoms with van der Waals surface area (Å²) in [6, 6.07) is 2.23. The summed E-state index contributed by atoms with van der Waals surface area (Å²) >= 11 is 1.70. The molecule has 0 unspecified atom stereocenters. The molecule has 0 bridgehead atoms. The molecule has 2 aliphatic heterocycles. The zero-order chi connectivity index (χ0) is 17.2. The summed E-state index contributed by atoms with van der Waals surface area (Å²) < 4.78 is 0. The lowest BCUT2D eigenvalue weighted by Gasteiger charge is -2.33. The molecule has 1 atom stereocenters. The highest BCUT2D eigenvalue weighted by Gasteiger charge is 2.43. The molecule has 3 amide bonds. The van der Waals surface area contributed by atoms with Gasteiger partial charge in [0.2, 0.25) is 5.91 Å². The number of nitrogens with zero attached hydrogens (tertiary/aromatic N) is 2. The van der Waals surface area contributed by atoms with E-state index < -0.39 is 0 Å². The average Bonchev–Trinajstić information content (AvgIpc) is 3.08. The monoisotopic (exact) mass is 350 g/mol. The van der Waals surface area contributed by atoms with E-state index in [0.29, 0.717) is 26.1 Å². The fraction of sp³-hybridized carbons (Fsp3) is 0.647. The van der Waals surface area contributed by atoms with Crippen molar-refractivity contribution in [1.82, 2.24) is 20.4 Å². The molecule has 0 saturated carbocycles. The summed E-state index contributed by atoms with van der Waals surface area (Å²) in [5.41, 5.74) is 1.12. The highest BCUT2D eigenvalue weighted by atomic mass is 32.1. The summed E-state index contributed by atoms with van der Waals surface area (Å²) in [5.74, 6) is 0.0941. The first-order chi connectivity index (χ1) is 11.5. The fourth-order valence-electron chi connectivity index (χ4n) is 3.61. The predicted octanol–water partition coefficient (Wildman–Crippen LogP) is 1.49. The lowest BCUT2D eigenvalue weighted by molar-refractivity contribution is -0.119. The Morgan fingerprint density at radius 2 is 2.25 bits per heavy atom. The maximum absolute atomic E-state index is 12.5. The second-order valence-electron chi connectivity index (χ2n) is 7.32. The highest BCUT2D eigenvalue weighted by Crippen LogP contribution is 2.31. The van der Waals surface area contributed by atoms with E-state index in [1.807, 2.05) is 18.7 Å². The number of carbonyl (C=O) groups excluding carboxylic acids is 2. The van der Waals surface area contributed by atoms with Gasteiger partial charge in [-0.25, -0.2) is 4.79 Å². The third kappa shape index (κ3) is 4.08. The summed E-state index contributed by atoms with van der Waals surface area (Å²) in [6.07, 6.45) is 0.499. The minimum atomic E-state index is -0.183. The van der Waals surface area contributed by atoms with Crippen molar-refractivity contribution in [2.24, 2.45) is 5.41 Å². The van der Waals surface area contributed by atoms with Crippen molar-refractivity contribution in [1.29, 1.82) is 0 Å². The Labute approximate surface area is 147 Å². The van der Waals surface area contributed by atoms with Gasteiger partial charge in [0, 0.05) is 57.1 Å². The maximum atomic E-state index is 12.5. The van der Waals surface area contributed by atoms with Gasteiger partial charge in [-0.15, -0.1) is 0 Å². The van der Waals surface area contributed by atoms with E-state index in [0.717, 1.165) is 19.6 Å². The van der Waals surface area contributed by atoms with Crippen LogP contribution < -0.4 is 10.6 Å². The van der Waals surface area contributed by atoms with E-state index in [-0.39, 0.29) is 23.4 Å². The topological polar surface area (TPSA) is 64.7 Å². The molecular formula is C17H26N4O2S. The van der Waals surface area contributed by atoms with E-state index in [1.165, 1.54) is 5.56 Å². The molecule has 0 aromatic carbocycles. The van der Waals surface area contributed by atoms with Crippen molar-refractivity contribution in [3.8, 4) is 0 Å². The van der Waals surface area contributed by atoms with Gasteiger partial charge in [0.1, 0.15) is 0 Å². The number of nitrogens with one attached hydrogen (secondary N) is 2. The number of rotatable bonds is 3.